The van der Waals surface area contributed by atoms with Gasteiger partial charge in [0.2, 0.25) is 0 Å². The minimum atomic E-state index is -0.881. The molecule has 0 bridgehead atoms. The number of hydrogen-bond acceptors (Lipinski definition) is 0. The summed E-state index contributed by atoms with van der Waals surface area (Å²) < 4.78 is 0. The molecule has 0 amide bonds. The first-order valence-electron chi connectivity index (χ1n) is 8.73. The Balaban J connectivity index is 1.95. The number of hydrogen-bond donors (Lipinski definition) is 0. The van der Waals surface area contributed by atoms with Crippen LogP contribution in [-0.2, 0) is 0 Å². The van der Waals surface area contributed by atoms with Gasteiger partial charge in [0.25, 0.3) is 0 Å². The first-order chi connectivity index (χ1) is 11.8. The molecule has 0 saturated heterocycles. The van der Waals surface area contributed by atoms with Crippen LogP contribution in [0.5, 0.6) is 0 Å². The molecule has 0 unspecified atom stereocenters. The van der Waals surface area contributed by atoms with Gasteiger partial charge in [0.1, 0.15) is 8.80 Å². The maximum absolute atomic E-state index is 2.41. The highest BCUT2D eigenvalue weighted by Gasteiger charge is 2.35. The van der Waals surface area contributed by atoms with Crippen molar-refractivity contribution in [3.05, 3.63) is 78.9 Å². The molecule has 24 heavy (non-hydrogen) atoms. The SMILES string of the molecule is CC(C)C[Si]1c2ccccc2[Si](c2ccccc2)c2ccccc21. The zero-order valence-electron chi connectivity index (χ0n) is 14.3. The first kappa shape index (κ1) is 15.6. The van der Waals surface area contributed by atoms with Gasteiger partial charge in [-0.1, -0.05) is 119 Å². The maximum atomic E-state index is 2.41. The van der Waals surface area contributed by atoms with Crippen molar-refractivity contribution in [2.75, 3.05) is 0 Å². The minimum Gasteiger partial charge on any atom is -0.0630 e. The Kier molecular flexibility index (Phi) is 4.25. The van der Waals surface area contributed by atoms with Crippen LogP contribution in [0.4, 0.5) is 0 Å². The zero-order chi connectivity index (χ0) is 16.5. The lowest BCUT2D eigenvalue weighted by atomic mass is 10.3. The predicted octanol–water partition coefficient (Wildman–Crippen LogP) is 1.78. The van der Waals surface area contributed by atoms with Crippen LogP contribution >= 0.6 is 0 Å². The summed E-state index contributed by atoms with van der Waals surface area (Å²) in [4.78, 5) is 0. The van der Waals surface area contributed by atoms with Crippen LogP contribution in [0.2, 0.25) is 6.04 Å². The van der Waals surface area contributed by atoms with E-state index in [0.29, 0.717) is 0 Å². The molecule has 0 N–H and O–H groups in total. The Bertz CT molecular complexity index is 792. The highest BCUT2D eigenvalue weighted by molar-refractivity contribution is 7.07. The second-order valence-corrected chi connectivity index (χ2v) is 11.8. The van der Waals surface area contributed by atoms with E-state index < -0.39 is 17.6 Å². The second kappa shape index (κ2) is 6.54. The van der Waals surface area contributed by atoms with Crippen molar-refractivity contribution in [2.45, 2.75) is 19.9 Å². The van der Waals surface area contributed by atoms with Gasteiger partial charge in [-0.15, -0.1) is 0 Å². The Morgan fingerprint density at radius 2 is 1.08 bits per heavy atom. The van der Waals surface area contributed by atoms with Crippen LogP contribution < -0.4 is 25.9 Å². The van der Waals surface area contributed by atoms with Gasteiger partial charge in [0.05, 0.1) is 0 Å². The number of benzene rings is 3. The standard InChI is InChI=1S/C22H22Si2/c1-17(2)16-23-19-12-6-8-14-21(19)24(18-10-4-3-5-11-18)22-15-9-7-13-20(22)23/h3-15,17H,16H2,1-2H3. The van der Waals surface area contributed by atoms with E-state index in [1.807, 2.05) is 0 Å². The molecule has 1 aliphatic rings. The molecule has 1 heterocycles. The summed E-state index contributed by atoms with van der Waals surface area (Å²) in [5.41, 5.74) is 0. The fourth-order valence-corrected chi connectivity index (χ4v) is 11.0. The molecular formula is C22H22Si2. The number of fused-ring (bicyclic) bond motifs is 2. The largest absolute Gasteiger partial charge is 0.154 e. The van der Waals surface area contributed by atoms with Crippen LogP contribution in [0.1, 0.15) is 13.8 Å². The van der Waals surface area contributed by atoms with E-state index in [4.69, 9.17) is 0 Å². The Morgan fingerprint density at radius 3 is 1.58 bits per heavy atom. The lowest BCUT2D eigenvalue weighted by molar-refractivity contribution is 0.730. The fraction of sp³-hybridized carbons (Fsp3) is 0.182. The topological polar surface area (TPSA) is 0 Å². The van der Waals surface area contributed by atoms with Crippen LogP contribution in [-0.4, -0.2) is 17.6 Å². The zero-order valence-corrected chi connectivity index (χ0v) is 16.3. The number of rotatable bonds is 3. The summed E-state index contributed by atoms with van der Waals surface area (Å²) in [5, 5.41) is 8.08. The highest BCUT2D eigenvalue weighted by Crippen LogP contribution is 2.09. The summed E-state index contributed by atoms with van der Waals surface area (Å²) in [7, 11) is -1.56. The van der Waals surface area contributed by atoms with Crippen molar-refractivity contribution < 1.29 is 0 Å². The minimum absolute atomic E-state index is 0.675. The fourth-order valence-electron chi connectivity index (χ4n) is 3.76. The van der Waals surface area contributed by atoms with E-state index in [9.17, 15) is 0 Å². The van der Waals surface area contributed by atoms with E-state index in [0.717, 1.165) is 5.92 Å². The molecule has 3 aromatic carbocycles. The maximum Gasteiger partial charge on any atom is 0.154 e. The van der Waals surface area contributed by atoms with Gasteiger partial charge in [-0.25, -0.2) is 0 Å². The first-order valence-corrected chi connectivity index (χ1v) is 11.9. The Labute approximate surface area is 148 Å². The van der Waals surface area contributed by atoms with Gasteiger partial charge >= 0.3 is 0 Å². The van der Waals surface area contributed by atoms with E-state index in [1.165, 1.54) is 11.2 Å². The Hall–Kier alpha value is -1.91. The van der Waals surface area contributed by atoms with Crippen molar-refractivity contribution in [1.82, 2.24) is 0 Å². The van der Waals surface area contributed by atoms with Gasteiger partial charge in [0, 0.05) is 0 Å². The third-order valence-electron chi connectivity index (χ3n) is 4.72. The van der Waals surface area contributed by atoms with Crippen molar-refractivity contribution >= 4 is 43.5 Å². The molecule has 118 valence electrons. The molecule has 0 spiro atoms. The molecule has 0 aromatic heterocycles. The van der Waals surface area contributed by atoms with E-state index >= 15 is 0 Å². The molecule has 4 rings (SSSR count). The third-order valence-corrected chi connectivity index (χ3v) is 11.5. The molecule has 2 radical (unpaired) electrons. The van der Waals surface area contributed by atoms with E-state index in [2.05, 4.69) is 92.7 Å². The van der Waals surface area contributed by atoms with Crippen LogP contribution in [0.15, 0.2) is 78.9 Å². The quantitative estimate of drug-likeness (QED) is 0.637. The third kappa shape index (κ3) is 2.70. The van der Waals surface area contributed by atoms with Gasteiger partial charge in [-0.3, -0.25) is 0 Å². The molecular weight excluding hydrogens is 320 g/mol. The summed E-state index contributed by atoms with van der Waals surface area (Å²) in [6.07, 6.45) is 0. The van der Waals surface area contributed by atoms with Gasteiger partial charge in [0.15, 0.2) is 8.80 Å². The lowest BCUT2D eigenvalue weighted by Gasteiger charge is -2.33. The van der Waals surface area contributed by atoms with E-state index in [1.54, 1.807) is 20.7 Å². The van der Waals surface area contributed by atoms with Crippen molar-refractivity contribution in [2.24, 2.45) is 5.92 Å². The summed E-state index contributed by atoms with van der Waals surface area (Å²) >= 11 is 0. The van der Waals surface area contributed by atoms with Crippen molar-refractivity contribution in [3.8, 4) is 0 Å². The molecule has 2 heteroatoms. The van der Waals surface area contributed by atoms with Crippen LogP contribution in [0, 0.1) is 5.92 Å². The monoisotopic (exact) mass is 342 g/mol. The van der Waals surface area contributed by atoms with Gasteiger partial charge in [-0.05, 0) is 12.0 Å². The molecule has 0 nitrogen and oxygen atoms in total. The molecule has 0 saturated carbocycles. The highest BCUT2D eigenvalue weighted by atomic mass is 28.3. The second-order valence-electron chi connectivity index (χ2n) is 6.91. The summed E-state index contributed by atoms with van der Waals surface area (Å²) in [6.45, 7) is 4.72. The van der Waals surface area contributed by atoms with Gasteiger partial charge in [-0.2, -0.15) is 0 Å². The molecule has 0 aliphatic carbocycles. The molecule has 3 aromatic rings. The van der Waals surface area contributed by atoms with E-state index in [-0.39, 0.29) is 0 Å². The molecule has 1 aliphatic heterocycles. The normalized spacial score (nSPS) is 14.5. The van der Waals surface area contributed by atoms with Crippen LogP contribution in [0.25, 0.3) is 0 Å². The van der Waals surface area contributed by atoms with Crippen LogP contribution in [0.3, 0.4) is 0 Å². The molecule has 0 fully saturated rings. The van der Waals surface area contributed by atoms with Gasteiger partial charge < -0.3 is 0 Å². The predicted molar refractivity (Wildman–Crippen MR) is 109 cm³/mol. The van der Waals surface area contributed by atoms with Crippen molar-refractivity contribution in [1.29, 1.82) is 0 Å². The smallest absolute Gasteiger partial charge is 0.0630 e. The summed E-state index contributed by atoms with van der Waals surface area (Å²) in [6, 6.07) is 31.0. The van der Waals surface area contributed by atoms with Crippen molar-refractivity contribution in [3.63, 3.8) is 0 Å². The average Bonchev–Trinajstić information content (AvgIpc) is 2.62. The molecule has 0 atom stereocenters. The Morgan fingerprint density at radius 1 is 0.625 bits per heavy atom. The summed E-state index contributed by atoms with van der Waals surface area (Å²) in [5.74, 6) is 0.741. The lowest BCUT2D eigenvalue weighted by Crippen LogP contribution is -2.72. The average molecular weight is 343 g/mol.